The number of benzene rings is 2. The van der Waals surface area contributed by atoms with Crippen LogP contribution in [0, 0.1) is 6.92 Å². The molecule has 0 bridgehead atoms. The smallest absolute Gasteiger partial charge is 0.257 e. The Balaban J connectivity index is 1.49. The zero-order valence-corrected chi connectivity index (χ0v) is 14.7. The van der Waals surface area contributed by atoms with Crippen molar-refractivity contribution in [2.24, 2.45) is 0 Å². The number of carbonyl (C=O) groups is 1. The summed E-state index contributed by atoms with van der Waals surface area (Å²) in [5, 5.41) is 4.43. The maximum Gasteiger partial charge on any atom is 0.257 e. The number of aryl methyl sites for hydroxylation is 1. The first-order valence-electron chi connectivity index (χ1n) is 7.55. The molecule has 0 radical (unpaired) electrons. The molecule has 0 atom stereocenters. The van der Waals surface area contributed by atoms with Crippen molar-refractivity contribution in [2.75, 3.05) is 12.1 Å². The van der Waals surface area contributed by atoms with E-state index in [1.165, 1.54) is 11.3 Å². The molecule has 0 saturated carbocycles. The fourth-order valence-electron chi connectivity index (χ4n) is 2.75. The van der Waals surface area contributed by atoms with Gasteiger partial charge in [-0.1, -0.05) is 11.3 Å². The molecule has 0 fully saturated rings. The maximum atomic E-state index is 12.5. The van der Waals surface area contributed by atoms with Crippen LogP contribution < -0.4 is 14.8 Å². The molecule has 0 saturated heterocycles. The first-order valence-corrected chi connectivity index (χ1v) is 9.18. The lowest BCUT2D eigenvalue weighted by molar-refractivity contribution is 0.102. The van der Waals surface area contributed by atoms with Crippen molar-refractivity contribution in [3.63, 3.8) is 0 Å². The van der Waals surface area contributed by atoms with Crippen molar-refractivity contribution in [1.82, 2.24) is 9.97 Å². The minimum Gasteiger partial charge on any atom is -0.454 e. The Morgan fingerprint density at radius 2 is 2.00 bits per heavy atom. The van der Waals surface area contributed by atoms with E-state index < -0.39 is 0 Å². The highest BCUT2D eigenvalue weighted by molar-refractivity contribution is 7.24. The topological polar surface area (TPSA) is 73.3 Å². The van der Waals surface area contributed by atoms with Crippen molar-refractivity contribution < 1.29 is 14.3 Å². The summed E-state index contributed by atoms with van der Waals surface area (Å²) in [7, 11) is 0. The Hall–Kier alpha value is -2.71. The number of hydrogen-bond donors (Lipinski definition) is 1. The molecule has 1 amide bonds. The number of thiazole rings is 2. The van der Waals surface area contributed by atoms with Crippen LogP contribution in [0.4, 0.5) is 5.13 Å². The molecule has 1 aliphatic heterocycles. The summed E-state index contributed by atoms with van der Waals surface area (Å²) >= 11 is 3.09. The monoisotopic (exact) mass is 369 g/mol. The number of anilines is 1. The molecule has 1 aliphatic rings. The van der Waals surface area contributed by atoms with E-state index in [4.69, 9.17) is 9.47 Å². The number of amides is 1. The SMILES string of the molecule is Cc1nc2c(ccc3nc(NC(=O)c4ccc5c(c4)OCO5)sc32)s1. The van der Waals surface area contributed by atoms with Crippen molar-refractivity contribution in [1.29, 1.82) is 0 Å². The van der Waals surface area contributed by atoms with Gasteiger partial charge in [0.2, 0.25) is 6.79 Å². The van der Waals surface area contributed by atoms with Crippen LogP contribution in [-0.4, -0.2) is 22.7 Å². The lowest BCUT2D eigenvalue weighted by atomic mass is 10.2. The van der Waals surface area contributed by atoms with E-state index in [9.17, 15) is 4.79 Å². The minimum absolute atomic E-state index is 0.182. The highest BCUT2D eigenvalue weighted by Gasteiger charge is 2.18. The second kappa shape index (κ2) is 5.40. The molecule has 4 aromatic rings. The zero-order valence-electron chi connectivity index (χ0n) is 13.0. The third-order valence-corrected chi connectivity index (χ3v) is 5.81. The first kappa shape index (κ1) is 14.6. The fraction of sp³-hybridized carbons (Fsp3) is 0.118. The fourth-order valence-corrected chi connectivity index (χ4v) is 4.60. The van der Waals surface area contributed by atoms with Crippen LogP contribution in [0.1, 0.15) is 15.4 Å². The largest absolute Gasteiger partial charge is 0.454 e. The van der Waals surface area contributed by atoms with Crippen LogP contribution in [-0.2, 0) is 0 Å². The molecule has 0 unspecified atom stereocenters. The average Bonchev–Trinajstić information content (AvgIpc) is 3.29. The highest BCUT2D eigenvalue weighted by atomic mass is 32.1. The van der Waals surface area contributed by atoms with E-state index in [2.05, 4.69) is 15.3 Å². The number of nitrogens with one attached hydrogen (secondary N) is 1. The van der Waals surface area contributed by atoms with Gasteiger partial charge in [-0.05, 0) is 37.3 Å². The Morgan fingerprint density at radius 3 is 2.92 bits per heavy atom. The first-order chi connectivity index (χ1) is 12.2. The Bertz CT molecular complexity index is 1150. The predicted molar refractivity (Wildman–Crippen MR) is 98.1 cm³/mol. The van der Waals surface area contributed by atoms with Gasteiger partial charge < -0.3 is 9.47 Å². The van der Waals surface area contributed by atoms with Gasteiger partial charge >= 0.3 is 0 Å². The number of nitrogens with zero attached hydrogens (tertiary/aromatic N) is 2. The predicted octanol–water partition coefficient (Wildman–Crippen LogP) is 4.20. The lowest BCUT2D eigenvalue weighted by Gasteiger charge is -2.02. The second-order valence-corrected chi connectivity index (χ2v) is 7.77. The minimum atomic E-state index is -0.233. The van der Waals surface area contributed by atoms with Crippen molar-refractivity contribution in [3.05, 3.63) is 40.9 Å². The summed E-state index contributed by atoms with van der Waals surface area (Å²) in [5.41, 5.74) is 2.28. The molecule has 124 valence electrons. The summed E-state index contributed by atoms with van der Waals surface area (Å²) in [6.07, 6.45) is 0. The zero-order chi connectivity index (χ0) is 17.0. The van der Waals surface area contributed by atoms with E-state index in [-0.39, 0.29) is 12.7 Å². The van der Waals surface area contributed by atoms with E-state index in [0.717, 1.165) is 25.4 Å². The average molecular weight is 369 g/mol. The molecule has 2 aromatic carbocycles. The molecule has 25 heavy (non-hydrogen) atoms. The number of carbonyl (C=O) groups excluding carboxylic acids is 1. The molecule has 0 spiro atoms. The molecule has 3 heterocycles. The third-order valence-electron chi connectivity index (χ3n) is 3.88. The number of rotatable bonds is 2. The van der Waals surface area contributed by atoms with E-state index in [0.29, 0.717) is 22.2 Å². The molecule has 8 heteroatoms. The quantitative estimate of drug-likeness (QED) is 0.573. The van der Waals surface area contributed by atoms with E-state index >= 15 is 0 Å². The molecule has 2 aromatic heterocycles. The summed E-state index contributed by atoms with van der Waals surface area (Å²) in [5.74, 6) is 0.998. The summed E-state index contributed by atoms with van der Waals surface area (Å²) in [4.78, 5) is 21.6. The Labute approximate surface area is 150 Å². The van der Waals surface area contributed by atoms with Gasteiger partial charge in [0.1, 0.15) is 5.52 Å². The number of hydrogen-bond acceptors (Lipinski definition) is 7. The third kappa shape index (κ3) is 2.41. The molecule has 5 rings (SSSR count). The molecular formula is C17H11N3O3S2. The Morgan fingerprint density at radius 1 is 1.12 bits per heavy atom. The van der Waals surface area contributed by atoms with Crippen LogP contribution in [0.5, 0.6) is 11.5 Å². The van der Waals surface area contributed by atoms with Gasteiger partial charge in [0.25, 0.3) is 5.91 Å². The van der Waals surface area contributed by atoms with Gasteiger partial charge in [-0.2, -0.15) is 0 Å². The lowest BCUT2D eigenvalue weighted by Crippen LogP contribution is -2.11. The van der Waals surface area contributed by atoms with Gasteiger partial charge in [0.05, 0.1) is 19.9 Å². The van der Waals surface area contributed by atoms with E-state index in [1.807, 2.05) is 19.1 Å². The summed E-state index contributed by atoms with van der Waals surface area (Å²) in [6, 6.07) is 9.09. The number of aromatic nitrogens is 2. The Kier molecular flexibility index (Phi) is 3.16. The number of ether oxygens (including phenoxy) is 2. The number of fused-ring (bicyclic) bond motifs is 4. The van der Waals surface area contributed by atoms with Crippen LogP contribution in [0.25, 0.3) is 20.4 Å². The summed E-state index contributed by atoms with van der Waals surface area (Å²) in [6.45, 7) is 2.17. The van der Waals surface area contributed by atoms with Crippen LogP contribution in [0.15, 0.2) is 30.3 Å². The van der Waals surface area contributed by atoms with Crippen LogP contribution >= 0.6 is 22.7 Å². The van der Waals surface area contributed by atoms with E-state index in [1.54, 1.807) is 29.5 Å². The van der Waals surface area contributed by atoms with Gasteiger partial charge in [0.15, 0.2) is 16.6 Å². The second-order valence-electron chi connectivity index (χ2n) is 5.53. The van der Waals surface area contributed by atoms with Gasteiger partial charge in [-0.25, -0.2) is 9.97 Å². The van der Waals surface area contributed by atoms with Crippen molar-refractivity contribution >= 4 is 54.1 Å². The van der Waals surface area contributed by atoms with Gasteiger partial charge in [-0.3, -0.25) is 10.1 Å². The maximum absolute atomic E-state index is 12.5. The van der Waals surface area contributed by atoms with Crippen LogP contribution in [0.2, 0.25) is 0 Å². The van der Waals surface area contributed by atoms with Crippen molar-refractivity contribution in [2.45, 2.75) is 6.92 Å². The van der Waals surface area contributed by atoms with Crippen LogP contribution in [0.3, 0.4) is 0 Å². The van der Waals surface area contributed by atoms with Gasteiger partial charge in [0, 0.05) is 5.56 Å². The normalized spacial score (nSPS) is 12.8. The van der Waals surface area contributed by atoms with Crippen molar-refractivity contribution in [3.8, 4) is 11.5 Å². The van der Waals surface area contributed by atoms with Gasteiger partial charge in [-0.15, -0.1) is 11.3 Å². The highest BCUT2D eigenvalue weighted by Crippen LogP contribution is 2.35. The standard InChI is InChI=1S/C17H11N3O3S2/c1-8-18-14-13(24-8)5-3-10-15(14)25-17(19-10)20-16(21)9-2-4-11-12(6-9)23-7-22-11/h2-6H,7H2,1H3,(H,19,20,21). The molecule has 1 N–H and O–H groups in total. The molecule has 6 nitrogen and oxygen atoms in total. The molecular weight excluding hydrogens is 358 g/mol. The molecule has 0 aliphatic carbocycles. The summed E-state index contributed by atoms with van der Waals surface area (Å²) < 4.78 is 12.7.